The molecule has 2 rings (SSSR count). The highest BCUT2D eigenvalue weighted by Crippen LogP contribution is 2.19. The summed E-state index contributed by atoms with van der Waals surface area (Å²) in [4.78, 5) is 14.2. The number of carbonyl (C=O) groups excluding carboxylic acids is 1. The number of hydrogen-bond acceptors (Lipinski definition) is 3. The van der Waals surface area contributed by atoms with E-state index in [1.54, 1.807) is 0 Å². The van der Waals surface area contributed by atoms with Gasteiger partial charge in [-0.3, -0.25) is 9.69 Å². The van der Waals surface area contributed by atoms with Crippen LogP contribution in [0.25, 0.3) is 0 Å². The van der Waals surface area contributed by atoms with Crippen molar-refractivity contribution in [2.24, 2.45) is 11.7 Å². The van der Waals surface area contributed by atoms with Crippen molar-refractivity contribution in [2.75, 3.05) is 31.5 Å². The van der Waals surface area contributed by atoms with Crippen LogP contribution in [0.15, 0.2) is 28.7 Å². The Morgan fingerprint density at radius 3 is 2.55 bits per heavy atom. The fraction of sp³-hybridized carbons (Fsp3) is 0.533. The molecule has 1 heterocycles. The van der Waals surface area contributed by atoms with Crippen molar-refractivity contribution < 1.29 is 4.79 Å². The molecule has 5 heteroatoms. The number of likely N-dealkylation sites (tertiary alicyclic amines) is 1. The second-order valence-corrected chi connectivity index (χ2v) is 6.27. The lowest BCUT2D eigenvalue weighted by atomic mass is 9.94. The molecule has 0 aromatic heterocycles. The lowest BCUT2D eigenvalue weighted by molar-refractivity contribution is -0.117. The minimum Gasteiger partial charge on any atom is -0.330 e. The number of nitrogens with zero attached hydrogens (tertiary/aromatic N) is 1. The zero-order valence-corrected chi connectivity index (χ0v) is 13.2. The first-order valence-corrected chi connectivity index (χ1v) is 7.94. The maximum absolute atomic E-state index is 12.0. The standard InChI is InChI=1S/C15H22BrN3O/c16-13-1-3-14(4-2-13)18-15(20)11-19-9-6-12(5-8-17)7-10-19/h1-4,12H,5-11,17H2,(H,18,20). The number of amides is 1. The van der Waals surface area contributed by atoms with Crippen LogP contribution in [0.1, 0.15) is 19.3 Å². The Morgan fingerprint density at radius 2 is 1.95 bits per heavy atom. The van der Waals surface area contributed by atoms with Gasteiger partial charge in [0.05, 0.1) is 6.54 Å². The Bertz CT molecular complexity index is 427. The number of benzene rings is 1. The summed E-state index contributed by atoms with van der Waals surface area (Å²) in [6, 6.07) is 7.65. The Morgan fingerprint density at radius 1 is 1.30 bits per heavy atom. The first kappa shape index (κ1) is 15.5. The molecule has 0 spiro atoms. The smallest absolute Gasteiger partial charge is 0.238 e. The van der Waals surface area contributed by atoms with Crippen molar-refractivity contribution in [3.05, 3.63) is 28.7 Å². The van der Waals surface area contributed by atoms with E-state index in [9.17, 15) is 4.79 Å². The van der Waals surface area contributed by atoms with E-state index >= 15 is 0 Å². The first-order valence-electron chi connectivity index (χ1n) is 7.15. The largest absolute Gasteiger partial charge is 0.330 e. The van der Waals surface area contributed by atoms with Gasteiger partial charge in [0.2, 0.25) is 5.91 Å². The highest BCUT2D eigenvalue weighted by Gasteiger charge is 2.20. The van der Waals surface area contributed by atoms with E-state index in [0.717, 1.165) is 55.0 Å². The summed E-state index contributed by atoms with van der Waals surface area (Å²) >= 11 is 3.38. The van der Waals surface area contributed by atoms with Crippen LogP contribution in [-0.2, 0) is 4.79 Å². The van der Waals surface area contributed by atoms with Crippen LogP contribution in [0.5, 0.6) is 0 Å². The normalized spacial score (nSPS) is 17.1. The maximum atomic E-state index is 12.0. The molecule has 0 unspecified atom stereocenters. The molecule has 3 N–H and O–H groups in total. The van der Waals surface area contributed by atoms with Crippen molar-refractivity contribution >= 4 is 27.5 Å². The lowest BCUT2D eigenvalue weighted by Crippen LogP contribution is -2.39. The molecule has 0 aliphatic carbocycles. The molecule has 0 atom stereocenters. The topological polar surface area (TPSA) is 58.4 Å². The van der Waals surface area contributed by atoms with E-state index in [4.69, 9.17) is 5.73 Å². The highest BCUT2D eigenvalue weighted by atomic mass is 79.9. The number of anilines is 1. The van der Waals surface area contributed by atoms with Crippen LogP contribution in [0, 0.1) is 5.92 Å². The first-order chi connectivity index (χ1) is 9.67. The van der Waals surface area contributed by atoms with E-state index in [1.165, 1.54) is 0 Å². The minimum atomic E-state index is 0.0598. The van der Waals surface area contributed by atoms with Gasteiger partial charge in [0.1, 0.15) is 0 Å². The quantitative estimate of drug-likeness (QED) is 0.866. The van der Waals surface area contributed by atoms with E-state index in [1.807, 2.05) is 24.3 Å². The molecule has 1 aromatic rings. The molecule has 1 saturated heterocycles. The van der Waals surface area contributed by atoms with Gasteiger partial charge < -0.3 is 11.1 Å². The molecular weight excluding hydrogens is 318 g/mol. The van der Waals surface area contributed by atoms with Crippen molar-refractivity contribution in [3.8, 4) is 0 Å². The number of nitrogens with two attached hydrogens (primary N) is 1. The number of nitrogens with one attached hydrogen (secondary N) is 1. The SMILES string of the molecule is NCCC1CCN(CC(=O)Nc2ccc(Br)cc2)CC1. The van der Waals surface area contributed by atoms with E-state index in [2.05, 4.69) is 26.1 Å². The minimum absolute atomic E-state index is 0.0598. The molecule has 1 aliphatic heterocycles. The van der Waals surface area contributed by atoms with Gasteiger partial charge in [0.25, 0.3) is 0 Å². The van der Waals surface area contributed by atoms with Gasteiger partial charge in [-0.05, 0) is 69.1 Å². The third-order valence-electron chi connectivity index (χ3n) is 3.78. The highest BCUT2D eigenvalue weighted by molar-refractivity contribution is 9.10. The zero-order chi connectivity index (χ0) is 14.4. The summed E-state index contributed by atoms with van der Waals surface area (Å²) in [7, 11) is 0. The summed E-state index contributed by atoms with van der Waals surface area (Å²) in [5.41, 5.74) is 6.43. The summed E-state index contributed by atoms with van der Waals surface area (Å²) in [5.74, 6) is 0.801. The van der Waals surface area contributed by atoms with E-state index in [-0.39, 0.29) is 5.91 Å². The second kappa shape index (κ2) is 7.76. The lowest BCUT2D eigenvalue weighted by Gasteiger charge is -2.31. The third-order valence-corrected chi connectivity index (χ3v) is 4.31. The van der Waals surface area contributed by atoms with Gasteiger partial charge in [0, 0.05) is 10.2 Å². The number of hydrogen-bond donors (Lipinski definition) is 2. The van der Waals surface area contributed by atoms with E-state index in [0.29, 0.717) is 6.54 Å². The number of halogens is 1. The average molecular weight is 340 g/mol. The molecule has 1 amide bonds. The Labute approximate surface area is 128 Å². The summed E-state index contributed by atoms with van der Waals surface area (Å²) in [5, 5.41) is 2.93. The maximum Gasteiger partial charge on any atom is 0.238 e. The number of piperidine rings is 1. The Balaban J connectivity index is 1.74. The van der Waals surface area contributed by atoms with Crippen molar-refractivity contribution in [3.63, 3.8) is 0 Å². The van der Waals surface area contributed by atoms with Crippen LogP contribution >= 0.6 is 15.9 Å². The van der Waals surface area contributed by atoms with Crippen LogP contribution in [0.3, 0.4) is 0 Å². The molecule has 4 nitrogen and oxygen atoms in total. The fourth-order valence-electron chi connectivity index (χ4n) is 2.61. The Kier molecular flexibility index (Phi) is 6.01. The molecule has 110 valence electrons. The van der Waals surface area contributed by atoms with Crippen LogP contribution in [-0.4, -0.2) is 37.0 Å². The van der Waals surface area contributed by atoms with Gasteiger partial charge in [-0.2, -0.15) is 0 Å². The van der Waals surface area contributed by atoms with Crippen LogP contribution in [0.2, 0.25) is 0 Å². The Hall–Kier alpha value is -0.910. The molecule has 1 aromatic carbocycles. The van der Waals surface area contributed by atoms with Gasteiger partial charge in [0.15, 0.2) is 0 Å². The molecule has 0 bridgehead atoms. The molecule has 0 radical (unpaired) electrons. The molecule has 0 saturated carbocycles. The van der Waals surface area contributed by atoms with Crippen molar-refractivity contribution in [2.45, 2.75) is 19.3 Å². The molecule has 1 aliphatic rings. The zero-order valence-electron chi connectivity index (χ0n) is 11.6. The van der Waals surface area contributed by atoms with E-state index < -0.39 is 0 Å². The third kappa shape index (κ3) is 4.89. The molecular formula is C15H22BrN3O. The van der Waals surface area contributed by atoms with Crippen molar-refractivity contribution in [1.82, 2.24) is 4.90 Å². The van der Waals surface area contributed by atoms with Gasteiger partial charge in [-0.25, -0.2) is 0 Å². The number of carbonyl (C=O) groups is 1. The van der Waals surface area contributed by atoms with Crippen LogP contribution < -0.4 is 11.1 Å². The van der Waals surface area contributed by atoms with Crippen molar-refractivity contribution in [1.29, 1.82) is 0 Å². The fourth-order valence-corrected chi connectivity index (χ4v) is 2.87. The van der Waals surface area contributed by atoms with Gasteiger partial charge in [-0.15, -0.1) is 0 Å². The summed E-state index contributed by atoms with van der Waals surface area (Å²) in [6.45, 7) is 3.25. The predicted octanol–water partition coefficient (Wildman–Crippen LogP) is 2.45. The monoisotopic (exact) mass is 339 g/mol. The second-order valence-electron chi connectivity index (χ2n) is 5.35. The van der Waals surface area contributed by atoms with Gasteiger partial charge in [-0.1, -0.05) is 15.9 Å². The molecule has 20 heavy (non-hydrogen) atoms. The summed E-state index contributed by atoms with van der Waals surface area (Å²) in [6.07, 6.45) is 3.42. The van der Waals surface area contributed by atoms with Crippen LogP contribution in [0.4, 0.5) is 5.69 Å². The molecule has 1 fully saturated rings. The average Bonchev–Trinajstić information content (AvgIpc) is 2.44. The van der Waals surface area contributed by atoms with Gasteiger partial charge >= 0.3 is 0 Å². The predicted molar refractivity (Wildman–Crippen MR) is 85.6 cm³/mol. The number of rotatable bonds is 5. The summed E-state index contributed by atoms with van der Waals surface area (Å²) < 4.78 is 1.01.